The number of aliphatic hydroxyl groups excluding tert-OH is 1. The maximum absolute atomic E-state index is 13.5. The lowest BCUT2D eigenvalue weighted by Crippen LogP contribution is -2.14. The van der Waals surface area contributed by atoms with Gasteiger partial charge in [-0.2, -0.15) is 0 Å². The highest BCUT2D eigenvalue weighted by atomic mass is 35.5. The van der Waals surface area contributed by atoms with Gasteiger partial charge in [0, 0.05) is 17.1 Å². The molecule has 2 rings (SSSR count). The van der Waals surface area contributed by atoms with E-state index in [0.29, 0.717) is 15.7 Å². The molecule has 0 aromatic heterocycles. The van der Waals surface area contributed by atoms with Gasteiger partial charge in [-0.15, -0.1) is 0 Å². The molecule has 0 aliphatic carbocycles. The van der Waals surface area contributed by atoms with Gasteiger partial charge in [0.05, 0.1) is 16.8 Å². The Hall–Kier alpha value is -1.36. The van der Waals surface area contributed by atoms with E-state index in [4.69, 9.17) is 23.2 Å². The third-order valence-electron chi connectivity index (χ3n) is 2.73. The minimum absolute atomic E-state index is 0.0122. The first-order valence-corrected chi connectivity index (χ1v) is 6.55. The van der Waals surface area contributed by atoms with Crippen molar-refractivity contribution in [3.8, 4) is 0 Å². The first-order chi connectivity index (χ1) is 9.47. The quantitative estimate of drug-likeness (QED) is 0.875. The molecule has 0 spiro atoms. The predicted octanol–water partition coefficient (Wildman–Crippen LogP) is 4.42. The molecule has 20 heavy (non-hydrogen) atoms. The van der Waals surface area contributed by atoms with Crippen molar-refractivity contribution >= 4 is 28.9 Å². The van der Waals surface area contributed by atoms with Crippen molar-refractivity contribution in [1.82, 2.24) is 0 Å². The smallest absolute Gasteiger partial charge is 0.129 e. The summed E-state index contributed by atoms with van der Waals surface area (Å²) in [6, 6.07) is 7.74. The predicted molar refractivity (Wildman–Crippen MR) is 76.3 cm³/mol. The van der Waals surface area contributed by atoms with Gasteiger partial charge in [-0.25, -0.2) is 8.78 Å². The number of aliphatic hydroxyl groups is 1. The number of rotatable bonds is 4. The molecule has 0 saturated carbocycles. The monoisotopic (exact) mass is 317 g/mol. The van der Waals surface area contributed by atoms with E-state index < -0.39 is 17.7 Å². The van der Waals surface area contributed by atoms with E-state index in [2.05, 4.69) is 5.32 Å². The molecule has 1 atom stereocenters. The van der Waals surface area contributed by atoms with Crippen LogP contribution in [-0.2, 0) is 0 Å². The molecule has 0 saturated heterocycles. The standard InChI is InChI=1S/C14H11Cl2F2NO/c15-8-1-4-13(11(16)5-8)19-7-14(20)10-6-9(17)2-3-12(10)18/h1-6,14,19-20H,7H2. The SMILES string of the molecule is OC(CNc1ccc(Cl)cc1Cl)c1cc(F)ccc1F. The molecule has 0 heterocycles. The van der Waals surface area contributed by atoms with Gasteiger partial charge in [-0.1, -0.05) is 23.2 Å². The van der Waals surface area contributed by atoms with Crippen LogP contribution in [0.5, 0.6) is 0 Å². The molecule has 2 nitrogen and oxygen atoms in total. The average molecular weight is 318 g/mol. The number of benzene rings is 2. The summed E-state index contributed by atoms with van der Waals surface area (Å²) in [6.45, 7) is -0.0122. The molecule has 2 aromatic rings. The lowest BCUT2D eigenvalue weighted by atomic mass is 10.1. The van der Waals surface area contributed by atoms with Crippen LogP contribution in [0.2, 0.25) is 10.0 Å². The molecule has 2 aromatic carbocycles. The van der Waals surface area contributed by atoms with Crippen molar-refractivity contribution in [2.75, 3.05) is 11.9 Å². The van der Waals surface area contributed by atoms with Crippen LogP contribution in [0.4, 0.5) is 14.5 Å². The van der Waals surface area contributed by atoms with Crippen molar-refractivity contribution in [1.29, 1.82) is 0 Å². The molecular weight excluding hydrogens is 307 g/mol. The Labute approximate surface area is 125 Å². The summed E-state index contributed by atoms with van der Waals surface area (Å²) < 4.78 is 26.5. The van der Waals surface area contributed by atoms with Gasteiger partial charge < -0.3 is 10.4 Å². The molecule has 106 valence electrons. The van der Waals surface area contributed by atoms with Crippen LogP contribution in [0.1, 0.15) is 11.7 Å². The van der Waals surface area contributed by atoms with Gasteiger partial charge in [-0.3, -0.25) is 0 Å². The summed E-state index contributed by atoms with van der Waals surface area (Å²) in [7, 11) is 0. The summed E-state index contributed by atoms with van der Waals surface area (Å²) >= 11 is 11.7. The highest BCUT2D eigenvalue weighted by Crippen LogP contribution is 2.26. The van der Waals surface area contributed by atoms with Crippen LogP contribution < -0.4 is 5.32 Å². The fourth-order valence-electron chi connectivity index (χ4n) is 1.72. The zero-order valence-electron chi connectivity index (χ0n) is 10.2. The second-order valence-corrected chi connectivity index (χ2v) is 5.03. The van der Waals surface area contributed by atoms with Crippen LogP contribution in [0, 0.1) is 11.6 Å². The highest BCUT2D eigenvalue weighted by Gasteiger charge is 2.14. The van der Waals surface area contributed by atoms with Gasteiger partial charge in [0.25, 0.3) is 0 Å². The third kappa shape index (κ3) is 3.60. The largest absolute Gasteiger partial charge is 0.386 e. The molecular formula is C14H11Cl2F2NO. The fourth-order valence-corrected chi connectivity index (χ4v) is 2.19. The normalized spacial score (nSPS) is 12.2. The van der Waals surface area contributed by atoms with Crippen molar-refractivity contribution < 1.29 is 13.9 Å². The van der Waals surface area contributed by atoms with E-state index >= 15 is 0 Å². The molecule has 0 amide bonds. The van der Waals surface area contributed by atoms with Crippen molar-refractivity contribution in [3.63, 3.8) is 0 Å². The van der Waals surface area contributed by atoms with Crippen molar-refractivity contribution in [2.45, 2.75) is 6.10 Å². The first kappa shape index (κ1) is 15.0. The van der Waals surface area contributed by atoms with Crippen molar-refractivity contribution in [2.24, 2.45) is 0 Å². The van der Waals surface area contributed by atoms with Gasteiger partial charge >= 0.3 is 0 Å². The molecule has 0 fully saturated rings. The van der Waals surface area contributed by atoms with Crippen LogP contribution in [-0.4, -0.2) is 11.7 Å². The maximum Gasteiger partial charge on any atom is 0.129 e. The summed E-state index contributed by atoms with van der Waals surface area (Å²) in [5.41, 5.74) is 0.439. The van der Waals surface area contributed by atoms with Crippen molar-refractivity contribution in [3.05, 3.63) is 63.6 Å². The number of hydrogen-bond donors (Lipinski definition) is 2. The number of hydrogen-bond acceptors (Lipinski definition) is 2. The molecule has 0 radical (unpaired) electrons. The molecule has 0 bridgehead atoms. The molecule has 0 aliphatic rings. The van der Waals surface area contributed by atoms with E-state index in [9.17, 15) is 13.9 Å². The Kier molecular flexibility index (Phi) is 4.81. The number of halogens is 4. The minimum atomic E-state index is -1.20. The number of nitrogens with one attached hydrogen (secondary N) is 1. The van der Waals surface area contributed by atoms with Gasteiger partial charge in [-0.05, 0) is 36.4 Å². The summed E-state index contributed by atoms with van der Waals surface area (Å²) in [4.78, 5) is 0. The Morgan fingerprint density at radius 3 is 2.55 bits per heavy atom. The second kappa shape index (κ2) is 6.39. The molecule has 6 heteroatoms. The van der Waals surface area contributed by atoms with Crippen LogP contribution in [0.25, 0.3) is 0 Å². The molecule has 0 aliphatic heterocycles. The fraction of sp³-hybridized carbons (Fsp3) is 0.143. The summed E-state index contributed by atoms with van der Waals surface area (Å²) in [6.07, 6.45) is -1.20. The van der Waals surface area contributed by atoms with Crippen LogP contribution in [0.3, 0.4) is 0 Å². The Morgan fingerprint density at radius 2 is 1.85 bits per heavy atom. The van der Waals surface area contributed by atoms with Gasteiger partial charge in [0.1, 0.15) is 11.6 Å². The zero-order valence-corrected chi connectivity index (χ0v) is 11.7. The number of anilines is 1. The van der Waals surface area contributed by atoms with Gasteiger partial charge in [0.15, 0.2) is 0 Å². The highest BCUT2D eigenvalue weighted by molar-refractivity contribution is 6.36. The lowest BCUT2D eigenvalue weighted by Gasteiger charge is -2.15. The van der Waals surface area contributed by atoms with Crippen LogP contribution in [0.15, 0.2) is 36.4 Å². The lowest BCUT2D eigenvalue weighted by molar-refractivity contribution is 0.186. The summed E-state index contributed by atoms with van der Waals surface area (Å²) in [5, 5.41) is 13.6. The van der Waals surface area contributed by atoms with E-state index in [1.807, 2.05) is 0 Å². The Balaban J connectivity index is 2.08. The zero-order chi connectivity index (χ0) is 14.7. The first-order valence-electron chi connectivity index (χ1n) is 5.79. The minimum Gasteiger partial charge on any atom is -0.386 e. The van der Waals surface area contributed by atoms with E-state index in [0.717, 1.165) is 18.2 Å². The van der Waals surface area contributed by atoms with Gasteiger partial charge in [0.2, 0.25) is 0 Å². The third-order valence-corrected chi connectivity index (χ3v) is 3.28. The molecule has 1 unspecified atom stereocenters. The summed E-state index contributed by atoms with van der Waals surface area (Å²) in [5.74, 6) is -1.27. The average Bonchev–Trinajstić information content (AvgIpc) is 2.40. The van der Waals surface area contributed by atoms with E-state index in [1.165, 1.54) is 0 Å². The Bertz CT molecular complexity index is 622. The maximum atomic E-state index is 13.5. The van der Waals surface area contributed by atoms with Crippen LogP contribution >= 0.6 is 23.2 Å². The molecule has 2 N–H and O–H groups in total. The Morgan fingerprint density at radius 1 is 1.10 bits per heavy atom. The topological polar surface area (TPSA) is 32.3 Å². The second-order valence-electron chi connectivity index (χ2n) is 4.19. The van der Waals surface area contributed by atoms with E-state index in [-0.39, 0.29) is 12.1 Å². The van der Waals surface area contributed by atoms with E-state index in [1.54, 1.807) is 18.2 Å².